The Morgan fingerprint density at radius 1 is 1.16 bits per heavy atom. The SMILES string of the molecule is CCC(C)C(NC(=O)C(NC(=O)C1CCCN1C(=O)C(N)Cc1c[nH]c2ccccc12)C(C)O)C(=O)O. The van der Waals surface area contributed by atoms with Crippen molar-refractivity contribution >= 4 is 34.6 Å². The maximum absolute atomic E-state index is 13.2. The van der Waals surface area contributed by atoms with Crippen LogP contribution in [0, 0.1) is 5.92 Å². The summed E-state index contributed by atoms with van der Waals surface area (Å²) in [6, 6.07) is 3.44. The number of H-pyrrole nitrogens is 1. The van der Waals surface area contributed by atoms with Gasteiger partial charge in [0.1, 0.15) is 18.1 Å². The van der Waals surface area contributed by atoms with Crippen LogP contribution < -0.4 is 16.4 Å². The molecule has 1 aromatic carbocycles. The lowest BCUT2D eigenvalue weighted by molar-refractivity contribution is -0.145. The van der Waals surface area contributed by atoms with Gasteiger partial charge in [0.25, 0.3) is 0 Å². The van der Waals surface area contributed by atoms with Crippen LogP contribution in [-0.2, 0) is 25.6 Å². The fourth-order valence-corrected chi connectivity index (χ4v) is 4.72. The molecule has 0 saturated carbocycles. The van der Waals surface area contributed by atoms with Crippen molar-refractivity contribution in [3.05, 3.63) is 36.0 Å². The van der Waals surface area contributed by atoms with E-state index in [4.69, 9.17) is 5.73 Å². The van der Waals surface area contributed by atoms with Gasteiger partial charge >= 0.3 is 5.97 Å². The maximum Gasteiger partial charge on any atom is 0.326 e. The number of carboxylic acids is 1. The van der Waals surface area contributed by atoms with Crippen molar-refractivity contribution in [2.24, 2.45) is 11.7 Å². The fraction of sp³-hybridized carbons (Fsp3) is 0.538. The number of amides is 3. The first-order valence-corrected chi connectivity index (χ1v) is 12.7. The largest absolute Gasteiger partial charge is 0.480 e. The monoisotopic (exact) mass is 515 g/mol. The number of carboxylic acid groups (broad SMARTS) is 1. The van der Waals surface area contributed by atoms with Gasteiger partial charge in [0, 0.05) is 23.6 Å². The number of carbonyl (C=O) groups is 4. The molecule has 6 unspecified atom stereocenters. The van der Waals surface area contributed by atoms with E-state index in [-0.39, 0.29) is 11.8 Å². The third-order valence-electron chi connectivity index (χ3n) is 7.11. The van der Waals surface area contributed by atoms with Crippen LogP contribution >= 0.6 is 0 Å². The second kappa shape index (κ2) is 12.2. The van der Waals surface area contributed by atoms with Crippen LogP contribution in [0.3, 0.4) is 0 Å². The van der Waals surface area contributed by atoms with E-state index in [2.05, 4.69) is 15.6 Å². The predicted molar refractivity (Wildman–Crippen MR) is 137 cm³/mol. The highest BCUT2D eigenvalue weighted by Crippen LogP contribution is 2.22. The highest BCUT2D eigenvalue weighted by atomic mass is 16.4. The third-order valence-corrected chi connectivity index (χ3v) is 7.11. The fourth-order valence-electron chi connectivity index (χ4n) is 4.72. The molecule has 1 aromatic heterocycles. The average molecular weight is 516 g/mol. The lowest BCUT2D eigenvalue weighted by Crippen LogP contribution is -2.60. The molecule has 0 spiro atoms. The Bertz CT molecular complexity index is 1130. The number of rotatable bonds is 11. The zero-order valence-electron chi connectivity index (χ0n) is 21.4. The van der Waals surface area contributed by atoms with Gasteiger partial charge in [-0.2, -0.15) is 0 Å². The molecule has 3 amide bonds. The van der Waals surface area contributed by atoms with Crippen molar-refractivity contribution in [3.63, 3.8) is 0 Å². The van der Waals surface area contributed by atoms with E-state index >= 15 is 0 Å². The van der Waals surface area contributed by atoms with E-state index in [0.29, 0.717) is 32.2 Å². The first-order valence-electron chi connectivity index (χ1n) is 12.7. The Morgan fingerprint density at radius 3 is 2.51 bits per heavy atom. The first-order chi connectivity index (χ1) is 17.5. The Morgan fingerprint density at radius 2 is 1.86 bits per heavy atom. The van der Waals surface area contributed by atoms with Crippen molar-refractivity contribution in [1.82, 2.24) is 20.5 Å². The van der Waals surface area contributed by atoms with Crippen molar-refractivity contribution in [2.75, 3.05) is 6.54 Å². The molecule has 2 aromatic rings. The van der Waals surface area contributed by atoms with Crippen LogP contribution in [0.15, 0.2) is 30.5 Å². The molecule has 3 rings (SSSR count). The van der Waals surface area contributed by atoms with Crippen molar-refractivity contribution in [3.8, 4) is 0 Å². The molecule has 1 aliphatic heterocycles. The number of aromatic nitrogens is 1. The summed E-state index contributed by atoms with van der Waals surface area (Å²) in [5, 5.41) is 25.6. The minimum atomic E-state index is -1.38. The summed E-state index contributed by atoms with van der Waals surface area (Å²) in [5.41, 5.74) is 8.11. The van der Waals surface area contributed by atoms with Gasteiger partial charge in [0.15, 0.2) is 0 Å². The third kappa shape index (κ3) is 6.47. The Labute approximate surface area is 215 Å². The highest BCUT2D eigenvalue weighted by Gasteiger charge is 2.39. The van der Waals surface area contributed by atoms with Gasteiger partial charge in [-0.3, -0.25) is 14.4 Å². The lowest BCUT2D eigenvalue weighted by atomic mass is 9.98. The van der Waals surface area contributed by atoms with E-state index in [1.54, 1.807) is 13.8 Å². The first kappa shape index (κ1) is 28.1. The molecular weight excluding hydrogens is 478 g/mol. The Kier molecular flexibility index (Phi) is 9.28. The average Bonchev–Trinajstić information content (AvgIpc) is 3.52. The van der Waals surface area contributed by atoms with Gasteiger partial charge in [0.05, 0.1) is 12.1 Å². The summed E-state index contributed by atoms with van der Waals surface area (Å²) in [6.07, 6.45) is 2.31. The van der Waals surface area contributed by atoms with Crippen LogP contribution in [0.25, 0.3) is 10.9 Å². The lowest BCUT2D eigenvalue weighted by Gasteiger charge is -2.30. The molecule has 1 aliphatic rings. The van der Waals surface area contributed by atoms with Gasteiger partial charge in [0.2, 0.25) is 17.7 Å². The molecule has 7 N–H and O–H groups in total. The molecule has 0 bridgehead atoms. The maximum atomic E-state index is 13.2. The van der Waals surface area contributed by atoms with Crippen LogP contribution in [0.2, 0.25) is 0 Å². The van der Waals surface area contributed by atoms with Crippen molar-refractivity contribution in [2.45, 2.75) is 76.7 Å². The minimum Gasteiger partial charge on any atom is -0.480 e. The van der Waals surface area contributed by atoms with E-state index in [1.807, 2.05) is 30.5 Å². The smallest absolute Gasteiger partial charge is 0.326 e. The summed E-state index contributed by atoms with van der Waals surface area (Å²) >= 11 is 0. The summed E-state index contributed by atoms with van der Waals surface area (Å²) < 4.78 is 0. The molecule has 0 radical (unpaired) electrons. The number of nitrogens with two attached hydrogens (primary N) is 1. The summed E-state index contributed by atoms with van der Waals surface area (Å²) in [5.74, 6) is -3.32. The molecule has 11 nitrogen and oxygen atoms in total. The number of aliphatic hydroxyl groups is 1. The molecule has 1 fully saturated rings. The standard InChI is InChI=1S/C26H37N5O6/c1-4-14(2)21(26(36)37)29-24(34)22(15(3)32)30-23(33)20-10-7-11-31(20)25(35)18(27)12-16-13-28-19-9-6-5-8-17(16)19/h5-6,8-9,13-15,18,20-22,28,32H,4,7,10-12,27H2,1-3H3,(H,29,34)(H,30,33)(H,36,37). The van der Waals surface area contributed by atoms with Gasteiger partial charge in [-0.05, 0) is 43.7 Å². The zero-order valence-corrected chi connectivity index (χ0v) is 21.4. The van der Waals surface area contributed by atoms with E-state index < -0.39 is 48.1 Å². The molecule has 202 valence electrons. The Balaban J connectivity index is 1.67. The predicted octanol–water partition coefficient (Wildman–Crippen LogP) is 0.510. The second-order valence-corrected chi connectivity index (χ2v) is 9.80. The number of carbonyl (C=O) groups excluding carboxylic acids is 3. The topological polar surface area (TPSA) is 178 Å². The van der Waals surface area contributed by atoms with Gasteiger partial charge in [-0.1, -0.05) is 38.5 Å². The summed E-state index contributed by atoms with van der Waals surface area (Å²) in [7, 11) is 0. The van der Waals surface area contributed by atoms with E-state index in [9.17, 15) is 29.4 Å². The number of aliphatic hydroxyl groups excluding tert-OH is 1. The van der Waals surface area contributed by atoms with E-state index in [1.165, 1.54) is 11.8 Å². The number of para-hydroxylation sites is 1. The zero-order chi connectivity index (χ0) is 27.3. The Hall–Kier alpha value is -3.44. The molecule has 37 heavy (non-hydrogen) atoms. The molecule has 1 saturated heterocycles. The molecule has 11 heteroatoms. The molecule has 0 aliphatic carbocycles. The van der Waals surface area contributed by atoms with Crippen molar-refractivity contribution in [1.29, 1.82) is 0 Å². The van der Waals surface area contributed by atoms with Gasteiger partial charge < -0.3 is 36.5 Å². The van der Waals surface area contributed by atoms with Gasteiger partial charge in [-0.15, -0.1) is 0 Å². The number of hydrogen-bond acceptors (Lipinski definition) is 6. The normalized spacial score (nSPS) is 19.6. The number of aromatic amines is 1. The number of hydrogen-bond donors (Lipinski definition) is 6. The van der Waals surface area contributed by atoms with Crippen molar-refractivity contribution < 1.29 is 29.4 Å². The number of nitrogens with one attached hydrogen (secondary N) is 3. The summed E-state index contributed by atoms with van der Waals surface area (Å²) in [6.45, 7) is 5.17. The van der Waals surface area contributed by atoms with E-state index in [0.717, 1.165) is 16.5 Å². The van der Waals surface area contributed by atoms with Crippen LogP contribution in [0.4, 0.5) is 0 Å². The minimum absolute atomic E-state index is 0.290. The number of benzene rings is 1. The number of nitrogens with zero attached hydrogens (tertiary/aromatic N) is 1. The second-order valence-electron chi connectivity index (χ2n) is 9.80. The number of aliphatic carboxylic acids is 1. The van der Waals surface area contributed by atoms with Gasteiger partial charge in [-0.25, -0.2) is 4.79 Å². The molecular formula is C26H37N5O6. The number of fused-ring (bicyclic) bond motifs is 1. The highest BCUT2D eigenvalue weighted by molar-refractivity contribution is 5.95. The van der Waals surface area contributed by atoms with Crippen LogP contribution in [-0.4, -0.2) is 80.6 Å². The quantitative estimate of drug-likeness (QED) is 0.252. The van der Waals surface area contributed by atoms with Crippen LogP contribution in [0.1, 0.15) is 45.6 Å². The molecule has 6 atom stereocenters. The number of likely N-dealkylation sites (tertiary alicyclic amines) is 1. The molecule has 2 heterocycles. The van der Waals surface area contributed by atoms with Crippen LogP contribution in [0.5, 0.6) is 0 Å². The summed E-state index contributed by atoms with van der Waals surface area (Å²) in [4.78, 5) is 55.4.